The quantitative estimate of drug-likeness (QED) is 0.648. The number of furan rings is 1. The van der Waals surface area contributed by atoms with Gasteiger partial charge in [-0.1, -0.05) is 11.6 Å². The van der Waals surface area contributed by atoms with E-state index in [1.54, 1.807) is 6.92 Å². The van der Waals surface area contributed by atoms with Crippen molar-refractivity contribution in [2.45, 2.75) is 31.2 Å². The lowest BCUT2D eigenvalue weighted by atomic mass is 9.97. The molecule has 0 radical (unpaired) electrons. The Bertz CT molecular complexity index is 1090. The van der Waals surface area contributed by atoms with Crippen LogP contribution in [0.1, 0.15) is 34.7 Å². The van der Waals surface area contributed by atoms with Crippen molar-refractivity contribution >= 4 is 33.5 Å². The maximum atomic E-state index is 13.3. The van der Waals surface area contributed by atoms with Crippen molar-refractivity contribution < 1.29 is 31.6 Å². The van der Waals surface area contributed by atoms with Crippen LogP contribution < -0.4 is 5.32 Å². The Balaban J connectivity index is 1.56. The molecule has 31 heavy (non-hydrogen) atoms. The van der Waals surface area contributed by atoms with Gasteiger partial charge in [-0.2, -0.15) is 4.31 Å². The van der Waals surface area contributed by atoms with Crippen LogP contribution in [0.5, 0.6) is 0 Å². The number of methoxy groups -OCH3 is 1. The van der Waals surface area contributed by atoms with Crippen molar-refractivity contribution in [2.75, 3.05) is 20.2 Å². The number of ether oxygens (including phenoxy) is 1. The molecule has 1 aliphatic heterocycles. The van der Waals surface area contributed by atoms with E-state index < -0.39 is 21.8 Å². The van der Waals surface area contributed by atoms with E-state index in [1.165, 1.54) is 23.5 Å². The summed E-state index contributed by atoms with van der Waals surface area (Å²) in [6, 6.07) is 4.78. The molecule has 0 spiro atoms. The van der Waals surface area contributed by atoms with Gasteiger partial charge in [0.2, 0.25) is 15.9 Å². The number of esters is 1. The molecule has 1 amide bonds. The fourth-order valence-electron chi connectivity index (χ4n) is 3.41. The summed E-state index contributed by atoms with van der Waals surface area (Å²) in [5.74, 6) is -0.985. The Morgan fingerprint density at radius 2 is 1.97 bits per heavy atom. The number of halogens is 2. The first kappa shape index (κ1) is 23.2. The number of rotatable bonds is 6. The normalized spacial score (nSPS) is 15.6. The number of piperidine rings is 1. The molecule has 11 heteroatoms. The van der Waals surface area contributed by atoms with Gasteiger partial charge in [-0.25, -0.2) is 17.6 Å². The Morgan fingerprint density at radius 1 is 1.29 bits per heavy atom. The molecular formula is C20H22ClFN2O6S. The predicted octanol–water partition coefficient (Wildman–Crippen LogP) is 2.88. The van der Waals surface area contributed by atoms with Crippen molar-refractivity contribution in [2.24, 2.45) is 5.92 Å². The van der Waals surface area contributed by atoms with E-state index in [9.17, 15) is 22.4 Å². The van der Waals surface area contributed by atoms with Crippen molar-refractivity contribution in [3.8, 4) is 0 Å². The van der Waals surface area contributed by atoms with E-state index in [2.05, 4.69) is 10.1 Å². The lowest BCUT2D eigenvalue weighted by Gasteiger charge is -2.30. The molecule has 0 atom stereocenters. The van der Waals surface area contributed by atoms with Crippen LogP contribution in [0.3, 0.4) is 0 Å². The topological polar surface area (TPSA) is 106 Å². The summed E-state index contributed by atoms with van der Waals surface area (Å²) < 4.78 is 50.2. The van der Waals surface area contributed by atoms with Gasteiger partial charge in [-0.15, -0.1) is 0 Å². The van der Waals surface area contributed by atoms with E-state index in [0.717, 1.165) is 12.1 Å². The van der Waals surface area contributed by atoms with Gasteiger partial charge in [0.1, 0.15) is 22.9 Å². The molecule has 0 unspecified atom stereocenters. The van der Waals surface area contributed by atoms with E-state index >= 15 is 0 Å². The predicted molar refractivity (Wildman–Crippen MR) is 110 cm³/mol. The average Bonchev–Trinajstić information content (AvgIpc) is 3.13. The molecule has 0 aliphatic carbocycles. The summed E-state index contributed by atoms with van der Waals surface area (Å²) in [6.45, 7) is 2.04. The van der Waals surface area contributed by atoms with Crippen LogP contribution in [0, 0.1) is 18.7 Å². The van der Waals surface area contributed by atoms with Crippen molar-refractivity contribution in [1.29, 1.82) is 0 Å². The summed E-state index contributed by atoms with van der Waals surface area (Å²) >= 11 is 5.70. The van der Waals surface area contributed by atoms with E-state index in [0.29, 0.717) is 29.9 Å². The number of amides is 1. The second-order valence-corrected chi connectivity index (χ2v) is 9.49. The highest BCUT2D eigenvalue weighted by Crippen LogP contribution is 2.26. The second kappa shape index (κ2) is 9.37. The van der Waals surface area contributed by atoms with Crippen LogP contribution in [0.4, 0.5) is 4.39 Å². The number of benzene rings is 1. The smallest absolute Gasteiger partial charge is 0.341 e. The summed E-state index contributed by atoms with van der Waals surface area (Å²) in [6.07, 6.45) is 0.676. The molecular weight excluding hydrogens is 451 g/mol. The second-order valence-electron chi connectivity index (χ2n) is 7.15. The molecule has 1 saturated heterocycles. The zero-order valence-electron chi connectivity index (χ0n) is 17.0. The number of hydrogen-bond donors (Lipinski definition) is 1. The number of hydrogen-bond acceptors (Lipinski definition) is 6. The SMILES string of the molecule is COC(=O)c1cc(CNC(=O)C2CCN(S(=O)(=O)c3ccc(F)c(Cl)c3)CC2)oc1C. The molecule has 1 aromatic carbocycles. The molecule has 8 nitrogen and oxygen atoms in total. The van der Waals surface area contributed by atoms with Gasteiger partial charge < -0.3 is 14.5 Å². The van der Waals surface area contributed by atoms with Crippen LogP contribution in [-0.4, -0.2) is 44.8 Å². The zero-order chi connectivity index (χ0) is 22.8. The van der Waals surface area contributed by atoms with Crippen LogP contribution in [-0.2, 0) is 26.1 Å². The van der Waals surface area contributed by atoms with Gasteiger partial charge in [-0.3, -0.25) is 4.79 Å². The molecule has 3 rings (SSSR count). The minimum absolute atomic E-state index is 0.0867. The fraction of sp³-hybridized carbons (Fsp3) is 0.400. The summed E-state index contributed by atoms with van der Waals surface area (Å²) in [5, 5.41) is 2.49. The lowest BCUT2D eigenvalue weighted by molar-refractivity contribution is -0.126. The van der Waals surface area contributed by atoms with Gasteiger partial charge in [-0.05, 0) is 44.0 Å². The monoisotopic (exact) mass is 472 g/mol. The number of nitrogens with one attached hydrogen (secondary N) is 1. The number of carbonyl (C=O) groups excluding carboxylic acids is 2. The Kier molecular flexibility index (Phi) is 7.03. The van der Waals surface area contributed by atoms with Gasteiger partial charge in [0.25, 0.3) is 0 Å². The largest absolute Gasteiger partial charge is 0.465 e. The minimum atomic E-state index is -3.83. The molecule has 1 aliphatic rings. The van der Waals surface area contributed by atoms with Crippen molar-refractivity contribution in [3.05, 3.63) is 52.2 Å². The Hall–Kier alpha value is -2.43. The summed E-state index contributed by atoms with van der Waals surface area (Å²) in [7, 11) is -2.56. The highest BCUT2D eigenvalue weighted by atomic mass is 35.5. The number of aryl methyl sites for hydroxylation is 1. The van der Waals surface area contributed by atoms with Crippen LogP contribution in [0.15, 0.2) is 33.6 Å². The van der Waals surface area contributed by atoms with Crippen LogP contribution in [0.2, 0.25) is 5.02 Å². The first-order valence-corrected chi connectivity index (χ1v) is 11.4. The third-order valence-electron chi connectivity index (χ3n) is 5.16. The molecule has 1 aromatic heterocycles. The third-order valence-corrected chi connectivity index (χ3v) is 7.35. The average molecular weight is 473 g/mol. The standard InChI is InChI=1S/C20H22ClFN2O6S/c1-12-16(20(26)29-2)9-14(30-12)11-23-19(25)13-5-7-24(8-6-13)31(27,28)15-3-4-18(22)17(21)10-15/h3-4,9-10,13H,5-8,11H2,1-2H3,(H,23,25). The van der Waals surface area contributed by atoms with E-state index in [4.69, 9.17) is 16.0 Å². The maximum absolute atomic E-state index is 13.3. The van der Waals surface area contributed by atoms with Crippen molar-refractivity contribution in [3.63, 3.8) is 0 Å². The Morgan fingerprint density at radius 3 is 2.58 bits per heavy atom. The fourth-order valence-corrected chi connectivity index (χ4v) is 5.15. The molecule has 0 bridgehead atoms. The van der Waals surface area contributed by atoms with E-state index in [1.807, 2.05) is 0 Å². The summed E-state index contributed by atoms with van der Waals surface area (Å²) in [5.41, 5.74) is 0.297. The van der Waals surface area contributed by atoms with E-state index in [-0.39, 0.29) is 41.4 Å². The van der Waals surface area contributed by atoms with Crippen LogP contribution >= 0.6 is 11.6 Å². The highest BCUT2D eigenvalue weighted by molar-refractivity contribution is 7.89. The Labute approximate surface area is 184 Å². The maximum Gasteiger partial charge on any atom is 0.341 e. The van der Waals surface area contributed by atoms with Gasteiger partial charge in [0.15, 0.2) is 0 Å². The van der Waals surface area contributed by atoms with Crippen molar-refractivity contribution in [1.82, 2.24) is 9.62 Å². The molecule has 168 valence electrons. The molecule has 1 N–H and O–H groups in total. The lowest BCUT2D eigenvalue weighted by Crippen LogP contribution is -2.42. The minimum Gasteiger partial charge on any atom is -0.465 e. The highest BCUT2D eigenvalue weighted by Gasteiger charge is 2.32. The third kappa shape index (κ3) is 5.08. The molecule has 1 fully saturated rings. The molecule has 2 aromatic rings. The van der Waals surface area contributed by atoms with Gasteiger partial charge in [0.05, 0.1) is 23.6 Å². The number of sulfonamides is 1. The summed E-state index contributed by atoms with van der Waals surface area (Å²) in [4.78, 5) is 24.0. The molecule has 2 heterocycles. The van der Waals surface area contributed by atoms with Gasteiger partial charge in [0, 0.05) is 19.0 Å². The first-order chi connectivity index (χ1) is 14.6. The first-order valence-electron chi connectivity index (χ1n) is 9.54. The molecule has 0 saturated carbocycles. The number of carbonyl (C=O) groups is 2. The van der Waals surface area contributed by atoms with Crippen LogP contribution in [0.25, 0.3) is 0 Å². The number of nitrogens with zero attached hydrogens (tertiary/aromatic N) is 1. The zero-order valence-corrected chi connectivity index (χ0v) is 18.6. The van der Waals surface area contributed by atoms with Gasteiger partial charge >= 0.3 is 5.97 Å².